The van der Waals surface area contributed by atoms with Crippen molar-refractivity contribution in [3.05, 3.63) is 47.1 Å². The highest BCUT2D eigenvalue weighted by Crippen LogP contribution is 2.28. The number of hydrogen-bond donors (Lipinski definition) is 1. The molecular weight excluding hydrogens is 245 g/mol. The van der Waals surface area contributed by atoms with E-state index in [0.717, 1.165) is 0 Å². The Bertz CT molecular complexity index is 519. The fourth-order valence-corrected chi connectivity index (χ4v) is 1.38. The highest BCUT2D eigenvalue weighted by molar-refractivity contribution is 6.32. The van der Waals surface area contributed by atoms with Crippen LogP contribution in [0.4, 0.5) is 4.39 Å². The van der Waals surface area contributed by atoms with E-state index >= 15 is 0 Å². The highest BCUT2D eigenvalue weighted by atomic mass is 35.5. The Morgan fingerprint density at radius 1 is 1.29 bits per heavy atom. The van der Waals surface area contributed by atoms with Gasteiger partial charge in [0.1, 0.15) is 11.6 Å². The number of nitrogens with two attached hydrogens (primary N) is 1. The summed E-state index contributed by atoms with van der Waals surface area (Å²) < 4.78 is 18.2. The molecular formula is C11H9ClFN3O. The Balaban J connectivity index is 2.19. The zero-order valence-corrected chi connectivity index (χ0v) is 9.49. The summed E-state index contributed by atoms with van der Waals surface area (Å²) in [5, 5.41) is 0.176. The van der Waals surface area contributed by atoms with Gasteiger partial charge in [0.15, 0.2) is 0 Å². The molecule has 2 N–H and O–H groups in total. The Labute approximate surface area is 102 Å². The third-order valence-corrected chi connectivity index (χ3v) is 2.29. The smallest absolute Gasteiger partial charge is 0.237 e. The summed E-state index contributed by atoms with van der Waals surface area (Å²) in [5.41, 5.74) is 6.04. The average Bonchev–Trinajstić information content (AvgIpc) is 2.34. The molecule has 0 bridgehead atoms. The van der Waals surface area contributed by atoms with Gasteiger partial charge in [-0.2, -0.15) is 0 Å². The van der Waals surface area contributed by atoms with E-state index in [1.165, 1.54) is 30.6 Å². The number of rotatable bonds is 3. The van der Waals surface area contributed by atoms with Gasteiger partial charge in [-0.1, -0.05) is 11.6 Å². The molecule has 17 heavy (non-hydrogen) atoms. The molecule has 0 aliphatic rings. The Morgan fingerprint density at radius 2 is 2.12 bits per heavy atom. The second kappa shape index (κ2) is 5.07. The Morgan fingerprint density at radius 3 is 2.71 bits per heavy atom. The molecule has 0 unspecified atom stereocenters. The molecule has 0 saturated heterocycles. The van der Waals surface area contributed by atoms with Crippen LogP contribution < -0.4 is 10.5 Å². The van der Waals surface area contributed by atoms with Gasteiger partial charge in [-0.15, -0.1) is 0 Å². The van der Waals surface area contributed by atoms with Crippen molar-refractivity contribution < 1.29 is 9.13 Å². The lowest BCUT2D eigenvalue weighted by Crippen LogP contribution is -2.00. The van der Waals surface area contributed by atoms with Crippen LogP contribution in [0.1, 0.15) is 5.69 Å². The molecule has 0 atom stereocenters. The topological polar surface area (TPSA) is 61.0 Å². The number of halogens is 2. The first-order chi connectivity index (χ1) is 8.19. The molecule has 0 saturated carbocycles. The maximum atomic E-state index is 12.8. The van der Waals surface area contributed by atoms with Crippen molar-refractivity contribution in [1.29, 1.82) is 0 Å². The summed E-state index contributed by atoms with van der Waals surface area (Å²) in [6.07, 6.45) is 2.94. The normalized spacial score (nSPS) is 10.3. The van der Waals surface area contributed by atoms with Crippen LogP contribution in [0, 0.1) is 5.82 Å². The maximum absolute atomic E-state index is 12.8. The van der Waals surface area contributed by atoms with Gasteiger partial charge >= 0.3 is 0 Å². The standard InChI is InChI=1S/C11H9ClFN3O/c12-9-3-7(13)1-2-10(9)17-11-6-15-8(4-14)5-16-11/h1-3,5-6H,4,14H2. The van der Waals surface area contributed by atoms with Gasteiger partial charge in [0, 0.05) is 6.54 Å². The number of aromatic nitrogens is 2. The van der Waals surface area contributed by atoms with E-state index in [9.17, 15) is 4.39 Å². The lowest BCUT2D eigenvalue weighted by atomic mass is 10.3. The molecule has 6 heteroatoms. The summed E-state index contributed by atoms with van der Waals surface area (Å²) >= 11 is 5.80. The van der Waals surface area contributed by atoms with Gasteiger partial charge in [0.2, 0.25) is 5.88 Å². The summed E-state index contributed by atoms with van der Waals surface area (Å²) in [6, 6.07) is 3.84. The summed E-state index contributed by atoms with van der Waals surface area (Å²) in [6.45, 7) is 0.310. The number of benzene rings is 1. The molecule has 1 heterocycles. The fraction of sp³-hybridized carbons (Fsp3) is 0.0909. The molecule has 88 valence electrons. The van der Waals surface area contributed by atoms with Crippen LogP contribution in [0.5, 0.6) is 11.6 Å². The highest BCUT2D eigenvalue weighted by Gasteiger charge is 2.05. The molecule has 2 aromatic rings. The van der Waals surface area contributed by atoms with Crippen molar-refractivity contribution in [3.63, 3.8) is 0 Å². The first kappa shape index (κ1) is 11.8. The number of hydrogen-bond acceptors (Lipinski definition) is 4. The zero-order chi connectivity index (χ0) is 12.3. The van der Waals surface area contributed by atoms with Gasteiger partial charge < -0.3 is 10.5 Å². The van der Waals surface area contributed by atoms with Crippen molar-refractivity contribution in [2.45, 2.75) is 6.54 Å². The van der Waals surface area contributed by atoms with E-state index in [1.807, 2.05) is 0 Å². The molecule has 0 aliphatic carbocycles. The Hall–Kier alpha value is -1.72. The summed E-state index contributed by atoms with van der Waals surface area (Å²) in [4.78, 5) is 8.00. The van der Waals surface area contributed by atoms with Crippen molar-refractivity contribution in [1.82, 2.24) is 9.97 Å². The van der Waals surface area contributed by atoms with Crippen LogP contribution in [0.25, 0.3) is 0 Å². The van der Waals surface area contributed by atoms with Crippen molar-refractivity contribution in [3.8, 4) is 11.6 Å². The quantitative estimate of drug-likeness (QED) is 0.913. The van der Waals surface area contributed by atoms with E-state index in [0.29, 0.717) is 18.0 Å². The molecule has 1 aromatic carbocycles. The third kappa shape index (κ3) is 2.89. The van der Waals surface area contributed by atoms with Crippen molar-refractivity contribution in [2.24, 2.45) is 5.73 Å². The van der Waals surface area contributed by atoms with E-state index in [4.69, 9.17) is 22.1 Å². The molecule has 0 radical (unpaired) electrons. The minimum atomic E-state index is -0.424. The fourth-order valence-electron chi connectivity index (χ4n) is 1.17. The summed E-state index contributed by atoms with van der Waals surface area (Å²) in [7, 11) is 0. The van der Waals surface area contributed by atoms with Crippen LogP contribution in [0.2, 0.25) is 5.02 Å². The van der Waals surface area contributed by atoms with E-state index in [2.05, 4.69) is 9.97 Å². The number of nitrogens with zero attached hydrogens (tertiary/aromatic N) is 2. The lowest BCUT2D eigenvalue weighted by Gasteiger charge is -2.06. The van der Waals surface area contributed by atoms with Crippen LogP contribution in [-0.2, 0) is 6.54 Å². The van der Waals surface area contributed by atoms with Crippen LogP contribution in [0.3, 0.4) is 0 Å². The Kier molecular flexibility index (Phi) is 3.51. The summed E-state index contributed by atoms with van der Waals surface area (Å²) in [5.74, 6) is 0.172. The monoisotopic (exact) mass is 253 g/mol. The largest absolute Gasteiger partial charge is 0.436 e. The molecule has 0 fully saturated rings. The molecule has 1 aromatic heterocycles. The van der Waals surface area contributed by atoms with E-state index in [1.54, 1.807) is 0 Å². The van der Waals surface area contributed by atoms with E-state index < -0.39 is 5.82 Å². The molecule has 0 amide bonds. The van der Waals surface area contributed by atoms with Crippen molar-refractivity contribution >= 4 is 11.6 Å². The average molecular weight is 254 g/mol. The predicted octanol–water partition coefficient (Wildman–Crippen LogP) is 2.52. The van der Waals surface area contributed by atoms with E-state index in [-0.39, 0.29) is 10.9 Å². The SMILES string of the molecule is NCc1cnc(Oc2ccc(F)cc2Cl)cn1. The van der Waals surface area contributed by atoms with Gasteiger partial charge in [0.25, 0.3) is 0 Å². The minimum absolute atomic E-state index is 0.176. The second-order valence-corrected chi connectivity index (χ2v) is 3.63. The van der Waals surface area contributed by atoms with Crippen LogP contribution >= 0.6 is 11.6 Å². The molecule has 2 rings (SSSR count). The first-order valence-electron chi connectivity index (χ1n) is 4.83. The van der Waals surface area contributed by atoms with Crippen LogP contribution in [-0.4, -0.2) is 9.97 Å². The van der Waals surface area contributed by atoms with Gasteiger partial charge in [-0.25, -0.2) is 9.37 Å². The van der Waals surface area contributed by atoms with Crippen molar-refractivity contribution in [2.75, 3.05) is 0 Å². The predicted molar refractivity (Wildman–Crippen MR) is 61.4 cm³/mol. The minimum Gasteiger partial charge on any atom is -0.436 e. The second-order valence-electron chi connectivity index (χ2n) is 3.23. The maximum Gasteiger partial charge on any atom is 0.237 e. The van der Waals surface area contributed by atoms with Gasteiger partial charge in [-0.05, 0) is 18.2 Å². The van der Waals surface area contributed by atoms with Crippen LogP contribution in [0.15, 0.2) is 30.6 Å². The van der Waals surface area contributed by atoms with Gasteiger partial charge in [-0.3, -0.25) is 4.98 Å². The number of ether oxygens (including phenoxy) is 1. The lowest BCUT2D eigenvalue weighted by molar-refractivity contribution is 0.458. The first-order valence-corrected chi connectivity index (χ1v) is 5.20. The molecule has 0 spiro atoms. The molecule has 0 aliphatic heterocycles. The molecule has 4 nitrogen and oxygen atoms in total. The van der Waals surface area contributed by atoms with Gasteiger partial charge in [0.05, 0.1) is 23.1 Å². The third-order valence-electron chi connectivity index (χ3n) is 2.00. The zero-order valence-electron chi connectivity index (χ0n) is 8.73.